The summed E-state index contributed by atoms with van der Waals surface area (Å²) in [6.45, 7) is 8.28. The van der Waals surface area contributed by atoms with Crippen molar-refractivity contribution in [2.24, 2.45) is 9.98 Å². The highest BCUT2D eigenvalue weighted by atomic mass is 16.7. The van der Waals surface area contributed by atoms with Gasteiger partial charge in [-0.2, -0.15) is 0 Å². The molecule has 2 aliphatic heterocycles. The Morgan fingerprint density at radius 2 is 1.25 bits per heavy atom. The molecule has 0 spiro atoms. The summed E-state index contributed by atoms with van der Waals surface area (Å²) in [6, 6.07) is 37.1. The lowest BCUT2D eigenvalue weighted by Crippen LogP contribution is -2.41. The summed E-state index contributed by atoms with van der Waals surface area (Å²) in [5.41, 5.74) is 6.44. The fourth-order valence-corrected chi connectivity index (χ4v) is 6.78. The first kappa shape index (κ1) is 29.0. The highest BCUT2D eigenvalue weighted by molar-refractivity contribution is 6.62. The van der Waals surface area contributed by atoms with E-state index in [1.54, 1.807) is 0 Å². The van der Waals surface area contributed by atoms with E-state index in [0.717, 1.165) is 71.9 Å². The number of furan rings is 2. The van der Waals surface area contributed by atoms with Gasteiger partial charge >= 0.3 is 7.12 Å². The second-order valence-corrected chi connectivity index (χ2v) is 13.7. The Morgan fingerprint density at radius 3 is 2.04 bits per heavy atom. The number of fused-ring (bicyclic) bond motifs is 6. The Balaban J connectivity index is 1.13. The second kappa shape index (κ2) is 10.4. The quantitative estimate of drug-likeness (QED) is 0.182. The summed E-state index contributed by atoms with van der Waals surface area (Å²) in [6.07, 6.45) is -0.306. The molecule has 0 aliphatic carbocycles. The minimum atomic E-state index is -0.444. The lowest BCUT2D eigenvalue weighted by Gasteiger charge is -2.32. The second-order valence-electron chi connectivity index (χ2n) is 13.7. The SMILES string of the molecule is CN1C(c2ccc3c(c2)oc2ccc(B4OC(C)(C)C(C)(C)O4)cc23)=NC(c2ccccc2)=NC1c1ccc2oc3ccccc3c2c1. The van der Waals surface area contributed by atoms with Gasteiger partial charge in [0.2, 0.25) is 0 Å². The zero-order valence-electron chi connectivity index (χ0n) is 27.5. The van der Waals surface area contributed by atoms with Crippen LogP contribution >= 0.6 is 0 Å². The molecule has 2 aliphatic rings. The van der Waals surface area contributed by atoms with Crippen molar-refractivity contribution in [2.45, 2.75) is 45.1 Å². The van der Waals surface area contributed by atoms with E-state index < -0.39 is 18.3 Å². The maximum atomic E-state index is 6.43. The fraction of sp³-hybridized carbons (Fsp3) is 0.200. The zero-order valence-corrected chi connectivity index (χ0v) is 27.5. The molecule has 1 saturated heterocycles. The lowest BCUT2D eigenvalue weighted by molar-refractivity contribution is 0.00578. The first-order chi connectivity index (χ1) is 23.1. The summed E-state index contributed by atoms with van der Waals surface area (Å²) in [4.78, 5) is 12.5. The number of aliphatic imine (C=N–C) groups is 2. The van der Waals surface area contributed by atoms with Gasteiger partial charge in [0.25, 0.3) is 0 Å². The molecular weight excluding hydrogens is 597 g/mol. The molecule has 7 nitrogen and oxygen atoms in total. The van der Waals surface area contributed by atoms with Crippen LogP contribution < -0.4 is 5.46 Å². The first-order valence-electron chi connectivity index (χ1n) is 16.3. The Hall–Kier alpha value is -5.18. The lowest BCUT2D eigenvalue weighted by atomic mass is 9.78. The molecule has 0 amide bonds. The molecule has 0 bridgehead atoms. The Morgan fingerprint density at radius 1 is 0.604 bits per heavy atom. The van der Waals surface area contributed by atoms with E-state index in [2.05, 4.69) is 87.2 Å². The summed E-state index contributed by atoms with van der Waals surface area (Å²) >= 11 is 0. The van der Waals surface area contributed by atoms with Crippen LogP contribution in [-0.2, 0) is 9.31 Å². The average Bonchev–Trinajstić information content (AvgIpc) is 3.72. The van der Waals surface area contributed by atoms with Crippen molar-refractivity contribution in [3.8, 4) is 0 Å². The van der Waals surface area contributed by atoms with E-state index in [0.29, 0.717) is 5.84 Å². The van der Waals surface area contributed by atoms with Gasteiger partial charge in [-0.3, -0.25) is 0 Å². The maximum Gasteiger partial charge on any atom is 0.494 e. The predicted molar refractivity (Wildman–Crippen MR) is 193 cm³/mol. The van der Waals surface area contributed by atoms with Crippen molar-refractivity contribution in [3.05, 3.63) is 126 Å². The highest BCUT2D eigenvalue weighted by Gasteiger charge is 2.51. The molecule has 9 rings (SSSR count). The molecule has 5 aromatic carbocycles. The first-order valence-corrected chi connectivity index (χ1v) is 16.3. The Bertz CT molecular complexity index is 2440. The number of para-hydroxylation sites is 1. The van der Waals surface area contributed by atoms with Gasteiger partial charge in [-0.25, -0.2) is 9.98 Å². The normalized spacial score (nSPS) is 19.1. The van der Waals surface area contributed by atoms with E-state index in [4.69, 9.17) is 28.1 Å². The van der Waals surface area contributed by atoms with E-state index >= 15 is 0 Å². The smallest absolute Gasteiger partial charge is 0.456 e. The molecule has 48 heavy (non-hydrogen) atoms. The molecule has 236 valence electrons. The molecule has 1 atom stereocenters. The summed E-state index contributed by atoms with van der Waals surface area (Å²) in [5, 5.41) is 4.20. The molecule has 1 unspecified atom stereocenters. The van der Waals surface area contributed by atoms with Gasteiger partial charge in [-0.15, -0.1) is 0 Å². The minimum absolute atomic E-state index is 0.306. The van der Waals surface area contributed by atoms with Gasteiger partial charge < -0.3 is 23.0 Å². The van der Waals surface area contributed by atoms with Crippen LogP contribution in [0.1, 0.15) is 50.6 Å². The molecule has 0 saturated carbocycles. The molecule has 7 aromatic rings. The number of nitrogens with zero attached hydrogens (tertiary/aromatic N) is 3. The third kappa shape index (κ3) is 4.51. The number of amidine groups is 2. The monoisotopic (exact) mass is 631 g/mol. The maximum absolute atomic E-state index is 6.43. The van der Waals surface area contributed by atoms with Crippen molar-refractivity contribution in [1.29, 1.82) is 0 Å². The van der Waals surface area contributed by atoms with Crippen LogP contribution in [0.25, 0.3) is 43.9 Å². The minimum Gasteiger partial charge on any atom is -0.456 e. The average molecular weight is 632 g/mol. The van der Waals surface area contributed by atoms with Gasteiger partial charge in [-0.1, -0.05) is 72.8 Å². The molecular formula is C40H34BN3O4. The number of rotatable bonds is 4. The Labute approximate surface area is 278 Å². The van der Waals surface area contributed by atoms with Gasteiger partial charge in [0.1, 0.15) is 28.2 Å². The zero-order chi connectivity index (χ0) is 32.8. The van der Waals surface area contributed by atoms with Crippen LogP contribution in [0.2, 0.25) is 0 Å². The van der Waals surface area contributed by atoms with Crippen molar-refractivity contribution in [2.75, 3.05) is 7.05 Å². The third-order valence-corrected chi connectivity index (χ3v) is 10.2. The van der Waals surface area contributed by atoms with E-state index in [-0.39, 0.29) is 6.17 Å². The Kier molecular flexibility index (Phi) is 6.29. The number of benzene rings is 5. The third-order valence-electron chi connectivity index (χ3n) is 10.2. The van der Waals surface area contributed by atoms with E-state index in [1.807, 2.05) is 61.6 Å². The largest absolute Gasteiger partial charge is 0.494 e. The van der Waals surface area contributed by atoms with Gasteiger partial charge in [0, 0.05) is 39.7 Å². The topological polar surface area (TPSA) is 72.7 Å². The molecule has 1 fully saturated rings. The van der Waals surface area contributed by atoms with Gasteiger partial charge in [-0.05, 0) is 75.1 Å². The standard InChI is InChI=1S/C40H34BN3O4/c1-39(2)40(3,4)48-41(47-39)27-17-20-34-31(23-27)29-18-15-26(22-35(29)46-34)38-43-36(24-11-7-6-8-12-24)42-37(44(38)5)25-16-19-33-30(21-25)28-13-9-10-14-32(28)45-33/h6-23,37H,1-5H3. The van der Waals surface area contributed by atoms with Crippen LogP contribution in [0, 0.1) is 0 Å². The highest BCUT2D eigenvalue weighted by Crippen LogP contribution is 2.38. The van der Waals surface area contributed by atoms with Crippen molar-refractivity contribution >= 4 is 68.1 Å². The van der Waals surface area contributed by atoms with E-state index in [9.17, 15) is 0 Å². The van der Waals surface area contributed by atoms with Crippen LogP contribution in [-0.4, -0.2) is 41.9 Å². The molecule has 0 radical (unpaired) electrons. The molecule has 4 heterocycles. The van der Waals surface area contributed by atoms with Gasteiger partial charge in [0.05, 0.1) is 11.2 Å². The van der Waals surface area contributed by atoms with E-state index in [1.165, 1.54) is 0 Å². The van der Waals surface area contributed by atoms with Crippen LogP contribution in [0.5, 0.6) is 0 Å². The van der Waals surface area contributed by atoms with Crippen LogP contribution in [0.4, 0.5) is 0 Å². The molecule has 2 aromatic heterocycles. The van der Waals surface area contributed by atoms with Crippen molar-refractivity contribution in [3.63, 3.8) is 0 Å². The van der Waals surface area contributed by atoms with Crippen molar-refractivity contribution < 1.29 is 18.1 Å². The van der Waals surface area contributed by atoms with Gasteiger partial charge in [0.15, 0.2) is 12.0 Å². The fourth-order valence-electron chi connectivity index (χ4n) is 6.78. The summed E-state index contributed by atoms with van der Waals surface area (Å²) in [7, 11) is 1.60. The van der Waals surface area contributed by atoms with Crippen LogP contribution in [0.15, 0.2) is 128 Å². The number of hydrogen-bond donors (Lipinski definition) is 0. The number of hydrogen-bond acceptors (Lipinski definition) is 7. The summed E-state index contributed by atoms with van der Waals surface area (Å²) in [5.74, 6) is 1.49. The molecule has 8 heteroatoms. The summed E-state index contributed by atoms with van der Waals surface area (Å²) < 4.78 is 25.2. The molecule has 0 N–H and O–H groups in total. The van der Waals surface area contributed by atoms with Crippen LogP contribution in [0.3, 0.4) is 0 Å². The predicted octanol–water partition coefficient (Wildman–Crippen LogP) is 8.62. The van der Waals surface area contributed by atoms with Crippen molar-refractivity contribution in [1.82, 2.24) is 4.90 Å².